The molecule has 0 saturated heterocycles. The van der Waals surface area contributed by atoms with Crippen molar-refractivity contribution in [2.24, 2.45) is 0 Å². The summed E-state index contributed by atoms with van der Waals surface area (Å²) in [6, 6.07) is 12.2. The molecular weight excluding hydrogens is 451 g/mol. The average Bonchev–Trinajstić information content (AvgIpc) is 3.27. The molecule has 0 atom stereocenters. The van der Waals surface area contributed by atoms with E-state index in [0.29, 0.717) is 33.7 Å². The Balaban J connectivity index is 0.00000289. The van der Waals surface area contributed by atoms with Crippen LogP contribution < -0.4 is 10.3 Å². The summed E-state index contributed by atoms with van der Waals surface area (Å²) in [5, 5.41) is 0.460. The Morgan fingerprint density at radius 2 is 1.97 bits per heavy atom. The molecule has 7 nitrogen and oxygen atoms in total. The molecule has 0 aliphatic rings. The molecule has 0 saturated carbocycles. The lowest BCUT2D eigenvalue weighted by Gasteiger charge is -2.19. The Kier molecular flexibility index (Phi) is 7.33. The number of hydrogen-bond acceptors (Lipinski definition) is 5. The van der Waals surface area contributed by atoms with Crippen LogP contribution in [-0.2, 0) is 12.4 Å². The summed E-state index contributed by atoms with van der Waals surface area (Å²) < 4.78 is 9.07. The van der Waals surface area contributed by atoms with E-state index in [2.05, 4.69) is 9.97 Å². The number of ketones is 1. The quantitative estimate of drug-likeness (QED) is 0.294. The fraction of sp³-hybridized carbons (Fsp3) is 0.217. The van der Waals surface area contributed by atoms with Gasteiger partial charge in [0.15, 0.2) is 5.78 Å². The minimum absolute atomic E-state index is 0. The fourth-order valence-electron chi connectivity index (χ4n) is 3.37. The number of nitrogens with zero attached hydrogens (tertiary/aromatic N) is 4. The second kappa shape index (κ2) is 9.97. The highest BCUT2D eigenvalue weighted by molar-refractivity contribution is 6.16. The van der Waals surface area contributed by atoms with Gasteiger partial charge in [0.1, 0.15) is 11.6 Å². The van der Waals surface area contributed by atoms with Crippen LogP contribution in [0.15, 0.2) is 66.0 Å². The molecule has 32 heavy (non-hydrogen) atoms. The van der Waals surface area contributed by atoms with Crippen molar-refractivity contribution in [3.63, 3.8) is 0 Å². The molecule has 0 aliphatic heterocycles. The third-order valence-electron chi connectivity index (χ3n) is 4.73. The molecule has 0 bridgehead atoms. The Labute approximate surface area is 196 Å². The van der Waals surface area contributed by atoms with Gasteiger partial charge >= 0.3 is 0 Å². The van der Waals surface area contributed by atoms with Crippen LogP contribution in [0.1, 0.15) is 30.0 Å². The van der Waals surface area contributed by atoms with E-state index in [-0.39, 0.29) is 42.3 Å². The molecule has 4 aromatic rings. The second-order valence-electron chi connectivity index (χ2n) is 7.33. The zero-order chi connectivity index (χ0) is 22.0. The van der Waals surface area contributed by atoms with Crippen LogP contribution >= 0.6 is 24.0 Å². The first-order valence-corrected chi connectivity index (χ1v) is 10.4. The number of carbonyl (C=O) groups is 1. The van der Waals surface area contributed by atoms with Gasteiger partial charge < -0.3 is 9.30 Å². The molecule has 0 aliphatic carbocycles. The number of halogens is 2. The molecule has 0 N–H and O–H groups in total. The Morgan fingerprint density at radius 3 is 2.66 bits per heavy atom. The molecule has 0 amide bonds. The maximum absolute atomic E-state index is 13.4. The van der Waals surface area contributed by atoms with Gasteiger partial charge in [-0.05, 0) is 44.2 Å². The van der Waals surface area contributed by atoms with Crippen molar-refractivity contribution in [3.05, 3.63) is 82.9 Å². The number of Topliss-reactive ketones (excluding diaryl/α,β-unsaturated/α-hetero) is 1. The van der Waals surface area contributed by atoms with Crippen LogP contribution in [0, 0.1) is 0 Å². The van der Waals surface area contributed by atoms with Gasteiger partial charge in [0.05, 0.1) is 41.4 Å². The van der Waals surface area contributed by atoms with E-state index in [1.165, 1.54) is 4.57 Å². The van der Waals surface area contributed by atoms with Crippen LogP contribution in [0.2, 0.25) is 0 Å². The van der Waals surface area contributed by atoms with Crippen molar-refractivity contribution < 1.29 is 9.53 Å². The lowest BCUT2D eigenvalue weighted by molar-refractivity contribution is 0.0972. The summed E-state index contributed by atoms with van der Waals surface area (Å²) >= 11 is 6.17. The molecule has 0 unspecified atom stereocenters. The number of aromatic nitrogens is 4. The maximum Gasteiger partial charge on any atom is 0.266 e. The van der Waals surface area contributed by atoms with Crippen molar-refractivity contribution >= 4 is 40.7 Å². The van der Waals surface area contributed by atoms with E-state index in [4.69, 9.17) is 16.3 Å². The molecule has 4 rings (SSSR count). The van der Waals surface area contributed by atoms with Crippen molar-refractivity contribution in [3.8, 4) is 11.4 Å². The largest absolute Gasteiger partial charge is 0.489 e. The Hall–Kier alpha value is -3.16. The van der Waals surface area contributed by atoms with Crippen molar-refractivity contribution in [2.75, 3.05) is 0 Å². The predicted molar refractivity (Wildman–Crippen MR) is 126 cm³/mol. The molecule has 0 radical (unpaired) electrons. The number of benzene rings is 2. The molecule has 0 fully saturated rings. The summed E-state index contributed by atoms with van der Waals surface area (Å²) in [6.07, 6.45) is 4.79. The topological polar surface area (TPSA) is 79.0 Å². The van der Waals surface area contributed by atoms with Crippen LogP contribution in [0.4, 0.5) is 0 Å². The molecule has 2 aromatic heterocycles. The molecule has 2 heterocycles. The van der Waals surface area contributed by atoms with Crippen molar-refractivity contribution in [2.45, 2.75) is 32.4 Å². The number of carbonyl (C=O) groups excluding carboxylic acids is 1. The normalized spacial score (nSPS) is 10.9. The zero-order valence-electron chi connectivity index (χ0n) is 17.6. The highest BCUT2D eigenvalue weighted by Crippen LogP contribution is 2.27. The zero-order valence-corrected chi connectivity index (χ0v) is 19.1. The molecule has 0 spiro atoms. The third-order valence-corrected chi connectivity index (χ3v) is 4.97. The summed E-state index contributed by atoms with van der Waals surface area (Å²) in [4.78, 5) is 34.8. The van der Waals surface area contributed by atoms with E-state index in [9.17, 15) is 9.59 Å². The lowest BCUT2D eigenvalue weighted by Crippen LogP contribution is -2.25. The van der Waals surface area contributed by atoms with E-state index in [0.717, 1.165) is 0 Å². The van der Waals surface area contributed by atoms with Crippen LogP contribution in [-0.4, -0.2) is 31.0 Å². The number of fused-ring (bicyclic) bond motifs is 1. The summed E-state index contributed by atoms with van der Waals surface area (Å²) in [6.45, 7) is 3.93. The smallest absolute Gasteiger partial charge is 0.266 e. The van der Waals surface area contributed by atoms with Gasteiger partial charge in [0.25, 0.3) is 5.56 Å². The number of hydrogen-bond donors (Lipinski definition) is 0. The van der Waals surface area contributed by atoms with Gasteiger partial charge in [0, 0.05) is 18.0 Å². The molecule has 2 aromatic carbocycles. The van der Waals surface area contributed by atoms with E-state index < -0.39 is 0 Å². The van der Waals surface area contributed by atoms with E-state index in [1.54, 1.807) is 59.7 Å². The van der Waals surface area contributed by atoms with Gasteiger partial charge in [0.2, 0.25) is 0 Å². The minimum atomic E-state index is -0.269. The monoisotopic (exact) mass is 472 g/mol. The number of imidazole rings is 1. The SMILES string of the molecule is CC(C)Oc1ccc(C(=O)Cn2ccnc2)cc1-n1c(CCl)nc2ccccc2c1=O.Cl. The van der Waals surface area contributed by atoms with E-state index in [1.807, 2.05) is 19.9 Å². The predicted octanol–water partition coefficient (Wildman–Crippen LogP) is 4.41. The summed E-state index contributed by atoms with van der Waals surface area (Å²) in [5.74, 6) is 0.747. The van der Waals surface area contributed by atoms with Crippen LogP contribution in [0.25, 0.3) is 16.6 Å². The van der Waals surface area contributed by atoms with Crippen molar-refractivity contribution in [1.82, 2.24) is 19.1 Å². The fourth-order valence-corrected chi connectivity index (χ4v) is 3.55. The summed E-state index contributed by atoms with van der Waals surface area (Å²) in [7, 11) is 0. The third kappa shape index (κ3) is 4.69. The Morgan fingerprint density at radius 1 is 1.19 bits per heavy atom. The second-order valence-corrected chi connectivity index (χ2v) is 7.59. The first-order valence-electron chi connectivity index (χ1n) is 9.84. The number of para-hydroxylation sites is 1. The number of ether oxygens (including phenoxy) is 1. The maximum atomic E-state index is 13.4. The van der Waals surface area contributed by atoms with Gasteiger partial charge in [-0.1, -0.05) is 12.1 Å². The molecule has 9 heteroatoms. The number of alkyl halides is 1. The van der Waals surface area contributed by atoms with Gasteiger partial charge in [-0.25, -0.2) is 9.97 Å². The van der Waals surface area contributed by atoms with Gasteiger partial charge in [-0.2, -0.15) is 0 Å². The van der Waals surface area contributed by atoms with Gasteiger partial charge in [-0.15, -0.1) is 24.0 Å². The van der Waals surface area contributed by atoms with Gasteiger partial charge in [-0.3, -0.25) is 14.2 Å². The van der Waals surface area contributed by atoms with Crippen molar-refractivity contribution in [1.29, 1.82) is 0 Å². The first kappa shape index (κ1) is 23.5. The van der Waals surface area contributed by atoms with E-state index >= 15 is 0 Å². The Bertz CT molecular complexity index is 1300. The van der Waals surface area contributed by atoms with Crippen LogP contribution in [0.5, 0.6) is 5.75 Å². The standard InChI is InChI=1S/C23H21ClN4O3.ClH/c1-15(2)31-21-8-7-16(20(29)13-27-10-9-25-14-27)11-19(21)28-22(12-24)26-18-6-4-3-5-17(18)23(28)30;/h3-11,14-15H,12-13H2,1-2H3;1H. The first-order chi connectivity index (χ1) is 15.0. The average molecular weight is 473 g/mol. The minimum Gasteiger partial charge on any atom is -0.489 e. The highest BCUT2D eigenvalue weighted by atomic mass is 35.5. The highest BCUT2D eigenvalue weighted by Gasteiger charge is 2.19. The number of rotatable bonds is 7. The molecule has 166 valence electrons. The molecular formula is C23H22Cl2N4O3. The van der Waals surface area contributed by atoms with Crippen LogP contribution in [0.3, 0.4) is 0 Å². The summed E-state index contributed by atoms with van der Waals surface area (Å²) in [5.41, 5.74) is 1.18. The lowest BCUT2D eigenvalue weighted by atomic mass is 10.1.